The molecule has 0 bridgehead atoms. The highest BCUT2D eigenvalue weighted by molar-refractivity contribution is 5.89. The first-order valence-corrected chi connectivity index (χ1v) is 2.29. The number of esters is 1. The van der Waals surface area contributed by atoms with Crippen LogP contribution in [0.1, 0.15) is 6.42 Å². The van der Waals surface area contributed by atoms with Gasteiger partial charge in [0.2, 0.25) is 0 Å². The van der Waals surface area contributed by atoms with Gasteiger partial charge in [-0.15, -0.1) is 13.2 Å². The smallest absolute Gasteiger partial charge is 0.550 e. The number of carboxylic acids is 1. The fourth-order valence-electron chi connectivity index (χ4n) is 0.283. The van der Waals surface area contributed by atoms with Crippen molar-refractivity contribution in [2.75, 3.05) is 0 Å². The molecule has 0 aliphatic carbocycles. The molecule has 11 heavy (non-hydrogen) atoms. The molecular formula is C4H2F3O4-. The second-order valence-electron chi connectivity index (χ2n) is 1.47. The summed E-state index contributed by atoms with van der Waals surface area (Å²) in [6.45, 7) is 0. The number of rotatable bonds is 2. The predicted molar refractivity (Wildman–Crippen MR) is 21.8 cm³/mol. The summed E-state index contributed by atoms with van der Waals surface area (Å²) in [5.41, 5.74) is 0. The van der Waals surface area contributed by atoms with Crippen LogP contribution in [-0.2, 0) is 14.3 Å². The third-order valence-electron chi connectivity index (χ3n) is 0.518. The molecule has 0 N–H and O–H groups in total. The molecule has 0 aromatic carbocycles. The van der Waals surface area contributed by atoms with E-state index in [0.29, 0.717) is 0 Å². The van der Waals surface area contributed by atoms with E-state index in [0.717, 1.165) is 0 Å². The zero-order chi connectivity index (χ0) is 9.07. The van der Waals surface area contributed by atoms with Crippen molar-refractivity contribution in [2.24, 2.45) is 0 Å². The topological polar surface area (TPSA) is 66.4 Å². The molecule has 0 atom stereocenters. The van der Waals surface area contributed by atoms with Gasteiger partial charge in [-0.1, -0.05) is 0 Å². The van der Waals surface area contributed by atoms with Gasteiger partial charge in [0.25, 0.3) is 0 Å². The van der Waals surface area contributed by atoms with E-state index in [1.165, 1.54) is 0 Å². The van der Waals surface area contributed by atoms with E-state index in [9.17, 15) is 27.9 Å². The number of halogens is 3. The van der Waals surface area contributed by atoms with E-state index in [-0.39, 0.29) is 0 Å². The monoisotopic (exact) mass is 171 g/mol. The standard InChI is InChI=1S/C4H3F3O4/c5-4(6,7)11-3(10)1-2(8)9/h1H2,(H,8,9)/p-1. The Morgan fingerprint density at radius 1 is 1.36 bits per heavy atom. The largest absolute Gasteiger partial charge is 0.575 e. The number of aliphatic carboxylic acids is 1. The van der Waals surface area contributed by atoms with E-state index in [1.807, 2.05) is 0 Å². The Balaban J connectivity index is 3.80. The average molecular weight is 171 g/mol. The van der Waals surface area contributed by atoms with Gasteiger partial charge in [-0.05, 0) is 0 Å². The normalized spacial score (nSPS) is 10.8. The van der Waals surface area contributed by atoms with Crippen molar-refractivity contribution >= 4 is 11.9 Å². The molecule has 0 radical (unpaired) electrons. The summed E-state index contributed by atoms with van der Waals surface area (Å²) in [6.07, 6.45) is -6.54. The fraction of sp³-hybridized carbons (Fsp3) is 0.500. The highest BCUT2D eigenvalue weighted by atomic mass is 19.4. The number of hydrogen-bond donors (Lipinski definition) is 0. The Bertz CT molecular complexity index is 173. The number of carbonyl (C=O) groups is 2. The minimum absolute atomic E-state index is 1.40. The number of hydrogen-bond acceptors (Lipinski definition) is 4. The third-order valence-corrected chi connectivity index (χ3v) is 0.518. The molecule has 0 heterocycles. The van der Waals surface area contributed by atoms with Crippen molar-refractivity contribution in [2.45, 2.75) is 12.8 Å². The molecule has 0 spiro atoms. The van der Waals surface area contributed by atoms with E-state index in [4.69, 9.17) is 0 Å². The molecule has 7 heteroatoms. The van der Waals surface area contributed by atoms with E-state index in [1.54, 1.807) is 0 Å². The van der Waals surface area contributed by atoms with Crippen LogP contribution in [0.25, 0.3) is 0 Å². The quantitative estimate of drug-likeness (QED) is 0.402. The van der Waals surface area contributed by atoms with Gasteiger partial charge in [0.05, 0.1) is 12.4 Å². The van der Waals surface area contributed by atoms with Gasteiger partial charge in [0.15, 0.2) is 0 Å². The molecular weight excluding hydrogens is 169 g/mol. The van der Waals surface area contributed by atoms with Crippen molar-refractivity contribution in [1.29, 1.82) is 0 Å². The zero-order valence-corrected chi connectivity index (χ0v) is 4.97. The Kier molecular flexibility index (Phi) is 2.85. The van der Waals surface area contributed by atoms with Crippen LogP contribution in [0.5, 0.6) is 0 Å². The van der Waals surface area contributed by atoms with Crippen molar-refractivity contribution in [3.05, 3.63) is 0 Å². The van der Waals surface area contributed by atoms with Gasteiger partial charge in [0, 0.05) is 0 Å². The van der Waals surface area contributed by atoms with Crippen LogP contribution in [0.4, 0.5) is 13.2 Å². The summed E-state index contributed by atoms with van der Waals surface area (Å²) >= 11 is 0. The van der Waals surface area contributed by atoms with Crippen molar-refractivity contribution in [3.63, 3.8) is 0 Å². The summed E-state index contributed by atoms with van der Waals surface area (Å²) in [4.78, 5) is 19.4. The Morgan fingerprint density at radius 2 is 1.82 bits per heavy atom. The van der Waals surface area contributed by atoms with Crippen LogP contribution >= 0.6 is 0 Å². The summed E-state index contributed by atoms with van der Waals surface area (Å²) < 4.78 is 36.0. The molecule has 0 aromatic heterocycles. The van der Waals surface area contributed by atoms with Crippen LogP contribution in [-0.4, -0.2) is 18.3 Å². The minimum Gasteiger partial charge on any atom is -0.550 e. The lowest BCUT2D eigenvalue weighted by Gasteiger charge is -2.06. The molecule has 0 fully saturated rings. The van der Waals surface area contributed by atoms with Crippen molar-refractivity contribution in [3.8, 4) is 0 Å². The lowest BCUT2D eigenvalue weighted by Crippen LogP contribution is -2.29. The lowest BCUT2D eigenvalue weighted by atomic mass is 10.4. The van der Waals surface area contributed by atoms with Gasteiger partial charge in [0.1, 0.15) is 0 Å². The predicted octanol–water partition coefficient (Wildman–Crippen LogP) is -0.811. The summed E-state index contributed by atoms with van der Waals surface area (Å²) in [5, 5.41) is 9.52. The lowest BCUT2D eigenvalue weighted by molar-refractivity contribution is -0.315. The molecule has 4 nitrogen and oxygen atoms in total. The second kappa shape index (κ2) is 3.22. The van der Waals surface area contributed by atoms with Gasteiger partial charge < -0.3 is 14.6 Å². The summed E-state index contributed by atoms with van der Waals surface area (Å²) in [6, 6.07) is 0. The minimum atomic E-state index is -5.13. The van der Waals surface area contributed by atoms with E-state index in [2.05, 4.69) is 4.74 Å². The Morgan fingerprint density at radius 3 is 2.09 bits per heavy atom. The average Bonchev–Trinajstić information content (AvgIpc) is 1.53. The fourth-order valence-corrected chi connectivity index (χ4v) is 0.283. The molecule has 0 saturated heterocycles. The maximum atomic E-state index is 11.1. The van der Waals surface area contributed by atoms with Gasteiger partial charge >= 0.3 is 12.3 Å². The number of alkyl halides is 3. The van der Waals surface area contributed by atoms with E-state index < -0.39 is 24.7 Å². The number of ether oxygens (including phenoxy) is 1. The van der Waals surface area contributed by atoms with Crippen LogP contribution in [0.2, 0.25) is 0 Å². The maximum absolute atomic E-state index is 11.1. The molecule has 0 aliphatic heterocycles. The first-order chi connectivity index (χ1) is 4.81. The number of carboxylic acid groups (broad SMARTS) is 1. The highest BCUT2D eigenvalue weighted by Crippen LogP contribution is 2.16. The maximum Gasteiger partial charge on any atom is 0.575 e. The van der Waals surface area contributed by atoms with Gasteiger partial charge in [-0.3, -0.25) is 4.79 Å². The highest BCUT2D eigenvalue weighted by Gasteiger charge is 2.33. The van der Waals surface area contributed by atoms with E-state index >= 15 is 0 Å². The summed E-state index contributed by atoms with van der Waals surface area (Å²) in [7, 11) is 0. The molecule has 0 aromatic rings. The van der Waals surface area contributed by atoms with Crippen molar-refractivity contribution in [1.82, 2.24) is 0 Å². The second-order valence-corrected chi connectivity index (χ2v) is 1.47. The summed E-state index contributed by atoms with van der Waals surface area (Å²) in [5.74, 6) is -3.81. The Hall–Kier alpha value is -1.27. The Labute approximate surface area is 58.6 Å². The first-order valence-electron chi connectivity index (χ1n) is 2.29. The van der Waals surface area contributed by atoms with Crippen LogP contribution in [0, 0.1) is 0 Å². The molecule has 0 saturated carbocycles. The first kappa shape index (κ1) is 9.73. The van der Waals surface area contributed by atoms with Crippen LogP contribution < -0.4 is 5.11 Å². The molecule has 0 amide bonds. The molecule has 0 aliphatic rings. The third kappa shape index (κ3) is 6.62. The van der Waals surface area contributed by atoms with Crippen LogP contribution in [0.3, 0.4) is 0 Å². The van der Waals surface area contributed by atoms with Gasteiger partial charge in [-0.25, -0.2) is 0 Å². The van der Waals surface area contributed by atoms with Crippen LogP contribution in [0.15, 0.2) is 0 Å². The molecule has 0 unspecified atom stereocenters. The zero-order valence-electron chi connectivity index (χ0n) is 4.97. The van der Waals surface area contributed by atoms with Gasteiger partial charge in [-0.2, -0.15) is 0 Å². The number of carbonyl (C=O) groups excluding carboxylic acids is 2. The SMILES string of the molecule is O=C([O-])CC(=O)OC(F)(F)F. The molecule has 0 rings (SSSR count). The molecule has 64 valence electrons. The van der Waals surface area contributed by atoms with Crippen molar-refractivity contribution < 1.29 is 32.6 Å².